The highest BCUT2D eigenvalue weighted by atomic mass is 16.5. The average molecular weight is 397 g/mol. The largest absolute Gasteiger partial charge is 0.494 e. The summed E-state index contributed by atoms with van der Waals surface area (Å²) in [5, 5.41) is 0. The lowest BCUT2D eigenvalue weighted by molar-refractivity contribution is 0.0733. The van der Waals surface area contributed by atoms with E-state index >= 15 is 0 Å². The molecule has 158 valence electrons. The van der Waals surface area contributed by atoms with Crippen molar-refractivity contribution in [2.45, 2.75) is 78.1 Å². The van der Waals surface area contributed by atoms with Gasteiger partial charge in [-0.15, -0.1) is 0 Å². The van der Waals surface area contributed by atoms with Gasteiger partial charge in [-0.2, -0.15) is 0 Å². The first-order chi connectivity index (χ1) is 14.2. The second-order valence-electron chi connectivity index (χ2n) is 7.59. The maximum Gasteiger partial charge on any atom is 0.343 e. The van der Waals surface area contributed by atoms with Gasteiger partial charge in [0.05, 0.1) is 12.2 Å². The fourth-order valence-corrected chi connectivity index (χ4v) is 3.29. The smallest absolute Gasteiger partial charge is 0.343 e. The Kier molecular flexibility index (Phi) is 11.0. The second-order valence-corrected chi connectivity index (χ2v) is 7.59. The first-order valence-corrected chi connectivity index (χ1v) is 11.3. The van der Waals surface area contributed by atoms with E-state index in [4.69, 9.17) is 9.47 Å². The van der Waals surface area contributed by atoms with E-state index < -0.39 is 0 Å². The normalized spacial score (nSPS) is 10.7. The quantitative estimate of drug-likeness (QED) is 0.190. The Morgan fingerprint density at radius 1 is 0.759 bits per heavy atom. The van der Waals surface area contributed by atoms with E-state index in [0.29, 0.717) is 11.3 Å². The number of ether oxygens (including phenoxy) is 2. The molecule has 0 unspecified atom stereocenters. The van der Waals surface area contributed by atoms with Crippen molar-refractivity contribution in [2.24, 2.45) is 0 Å². The third-order valence-electron chi connectivity index (χ3n) is 5.08. The molecule has 3 nitrogen and oxygen atoms in total. The van der Waals surface area contributed by atoms with Crippen molar-refractivity contribution in [3.63, 3.8) is 0 Å². The molecule has 0 atom stereocenters. The molecule has 0 radical (unpaired) electrons. The number of esters is 1. The van der Waals surface area contributed by atoms with Crippen LogP contribution in [0.3, 0.4) is 0 Å². The Morgan fingerprint density at radius 3 is 2.17 bits per heavy atom. The molecule has 0 aliphatic heterocycles. The molecule has 2 aromatic rings. The fourth-order valence-electron chi connectivity index (χ4n) is 3.29. The number of carbonyl (C=O) groups is 1. The Bertz CT molecular complexity index is 706. The Morgan fingerprint density at radius 2 is 1.41 bits per heavy atom. The molecule has 0 spiro atoms. The molecule has 0 saturated heterocycles. The first kappa shape index (κ1) is 23.0. The molecule has 0 fully saturated rings. The molecule has 0 saturated carbocycles. The minimum absolute atomic E-state index is 0.324. The molecule has 29 heavy (non-hydrogen) atoms. The van der Waals surface area contributed by atoms with Gasteiger partial charge in [0.2, 0.25) is 0 Å². The van der Waals surface area contributed by atoms with Gasteiger partial charge in [0.1, 0.15) is 11.5 Å². The van der Waals surface area contributed by atoms with Gasteiger partial charge in [-0.1, -0.05) is 77.0 Å². The van der Waals surface area contributed by atoms with E-state index in [1.165, 1.54) is 44.9 Å². The predicted octanol–water partition coefficient (Wildman–Crippen LogP) is 7.38. The van der Waals surface area contributed by atoms with Crippen molar-refractivity contribution >= 4 is 5.97 Å². The van der Waals surface area contributed by atoms with E-state index in [9.17, 15) is 4.79 Å². The summed E-state index contributed by atoms with van der Waals surface area (Å²) < 4.78 is 11.5. The zero-order chi connectivity index (χ0) is 20.7. The van der Waals surface area contributed by atoms with Crippen LogP contribution in [0.4, 0.5) is 0 Å². The summed E-state index contributed by atoms with van der Waals surface area (Å²) in [6, 6.07) is 15.1. The molecule has 2 aromatic carbocycles. The van der Waals surface area contributed by atoms with Crippen molar-refractivity contribution < 1.29 is 14.3 Å². The average Bonchev–Trinajstić information content (AvgIpc) is 2.75. The van der Waals surface area contributed by atoms with Gasteiger partial charge in [0, 0.05) is 0 Å². The van der Waals surface area contributed by atoms with Crippen LogP contribution in [-0.4, -0.2) is 12.6 Å². The summed E-state index contributed by atoms with van der Waals surface area (Å²) >= 11 is 0. The molecule has 0 bridgehead atoms. The fraction of sp³-hybridized carbons (Fsp3) is 0.500. The zero-order valence-corrected chi connectivity index (χ0v) is 18.1. The van der Waals surface area contributed by atoms with Crippen LogP contribution in [0.2, 0.25) is 0 Å². The van der Waals surface area contributed by atoms with Crippen molar-refractivity contribution in [3.8, 4) is 11.5 Å². The lowest BCUT2D eigenvalue weighted by atomic mass is 10.1. The number of rotatable bonds is 14. The standard InChI is InChI=1S/C26H36O3/c1-3-5-7-8-9-13-21-28-24-19-17-23(18-20-24)26(27)29-25-16-12-11-15-22(25)14-10-6-4-2/h11-12,15-20H,3-10,13-14,21H2,1-2H3. The van der Waals surface area contributed by atoms with Crippen LogP contribution in [0.1, 0.15) is 87.6 Å². The van der Waals surface area contributed by atoms with Crippen LogP contribution in [0, 0.1) is 0 Å². The first-order valence-electron chi connectivity index (χ1n) is 11.3. The summed E-state index contributed by atoms with van der Waals surface area (Å²) in [6.07, 6.45) is 11.9. The van der Waals surface area contributed by atoms with Crippen molar-refractivity contribution in [1.29, 1.82) is 0 Å². The SMILES string of the molecule is CCCCCCCCOc1ccc(C(=O)Oc2ccccc2CCCCC)cc1. The molecule has 0 aromatic heterocycles. The third kappa shape index (κ3) is 8.72. The van der Waals surface area contributed by atoms with Crippen LogP contribution in [0.5, 0.6) is 11.5 Å². The molecule has 3 heteroatoms. The summed E-state index contributed by atoms with van der Waals surface area (Å²) in [5.41, 5.74) is 1.63. The van der Waals surface area contributed by atoms with Crippen molar-refractivity contribution in [2.75, 3.05) is 6.61 Å². The van der Waals surface area contributed by atoms with Gasteiger partial charge < -0.3 is 9.47 Å². The van der Waals surface area contributed by atoms with Gasteiger partial charge in [0.25, 0.3) is 0 Å². The third-order valence-corrected chi connectivity index (χ3v) is 5.08. The maximum atomic E-state index is 12.5. The zero-order valence-electron chi connectivity index (χ0n) is 18.1. The van der Waals surface area contributed by atoms with Gasteiger partial charge in [-0.25, -0.2) is 4.79 Å². The highest BCUT2D eigenvalue weighted by molar-refractivity contribution is 5.91. The summed E-state index contributed by atoms with van der Waals surface area (Å²) in [4.78, 5) is 12.5. The molecule has 0 aliphatic rings. The lowest BCUT2D eigenvalue weighted by Crippen LogP contribution is -2.10. The highest BCUT2D eigenvalue weighted by Gasteiger charge is 2.11. The molecular formula is C26H36O3. The van der Waals surface area contributed by atoms with Crippen molar-refractivity contribution in [1.82, 2.24) is 0 Å². The van der Waals surface area contributed by atoms with E-state index in [-0.39, 0.29) is 5.97 Å². The monoisotopic (exact) mass is 396 g/mol. The van der Waals surface area contributed by atoms with Gasteiger partial charge >= 0.3 is 5.97 Å². The van der Waals surface area contributed by atoms with E-state index in [1.807, 2.05) is 36.4 Å². The number of para-hydroxylation sites is 1. The maximum absolute atomic E-state index is 12.5. The Hall–Kier alpha value is -2.29. The number of unbranched alkanes of at least 4 members (excludes halogenated alkanes) is 7. The van der Waals surface area contributed by atoms with Crippen molar-refractivity contribution in [3.05, 3.63) is 59.7 Å². The van der Waals surface area contributed by atoms with Gasteiger partial charge in [-0.05, 0) is 55.2 Å². The Balaban J connectivity index is 1.80. The minimum Gasteiger partial charge on any atom is -0.494 e. The number of aryl methyl sites for hydroxylation is 1. The summed E-state index contributed by atoms with van der Waals surface area (Å²) in [5.74, 6) is 1.14. The number of benzene rings is 2. The summed E-state index contributed by atoms with van der Waals surface area (Å²) in [7, 11) is 0. The van der Waals surface area contributed by atoms with Crippen LogP contribution >= 0.6 is 0 Å². The molecule has 0 amide bonds. The molecule has 0 aliphatic carbocycles. The molecule has 0 heterocycles. The number of carbonyl (C=O) groups excluding carboxylic acids is 1. The van der Waals surface area contributed by atoms with Crippen LogP contribution in [-0.2, 0) is 6.42 Å². The molecule has 2 rings (SSSR count). The Labute approximate surface area is 176 Å². The topological polar surface area (TPSA) is 35.5 Å². The van der Waals surface area contributed by atoms with Gasteiger partial charge in [0.15, 0.2) is 0 Å². The number of hydrogen-bond donors (Lipinski definition) is 0. The van der Waals surface area contributed by atoms with Crippen LogP contribution in [0.25, 0.3) is 0 Å². The van der Waals surface area contributed by atoms with E-state index in [1.54, 1.807) is 12.1 Å². The van der Waals surface area contributed by atoms with E-state index in [0.717, 1.165) is 37.2 Å². The summed E-state index contributed by atoms with van der Waals surface area (Å²) in [6.45, 7) is 5.14. The minimum atomic E-state index is -0.324. The predicted molar refractivity (Wildman–Crippen MR) is 120 cm³/mol. The van der Waals surface area contributed by atoms with Gasteiger partial charge in [-0.3, -0.25) is 0 Å². The second kappa shape index (κ2) is 13.8. The molecular weight excluding hydrogens is 360 g/mol. The van der Waals surface area contributed by atoms with E-state index in [2.05, 4.69) is 13.8 Å². The lowest BCUT2D eigenvalue weighted by Gasteiger charge is -2.10. The van der Waals surface area contributed by atoms with Crippen LogP contribution < -0.4 is 9.47 Å². The highest BCUT2D eigenvalue weighted by Crippen LogP contribution is 2.22. The van der Waals surface area contributed by atoms with Crippen LogP contribution in [0.15, 0.2) is 48.5 Å². The number of hydrogen-bond acceptors (Lipinski definition) is 3. The molecule has 0 N–H and O–H groups in total.